The quantitative estimate of drug-likeness (QED) is 0.305. The Labute approximate surface area is 180 Å². The number of hydrogen-bond acceptors (Lipinski definition) is 4. The third-order valence-corrected chi connectivity index (χ3v) is 4.74. The summed E-state index contributed by atoms with van der Waals surface area (Å²) in [4.78, 5) is 8.95. The minimum atomic E-state index is 0. The third-order valence-electron chi connectivity index (χ3n) is 3.89. The lowest BCUT2D eigenvalue weighted by molar-refractivity contribution is 0.409. The molecule has 5 nitrogen and oxygen atoms in total. The highest BCUT2D eigenvalue weighted by molar-refractivity contribution is 14.0. The molecule has 7 heteroatoms. The summed E-state index contributed by atoms with van der Waals surface area (Å²) in [6, 6.07) is 18.1. The van der Waals surface area contributed by atoms with Crippen molar-refractivity contribution in [3.05, 3.63) is 70.5 Å². The molecular formula is C20H23IN4OS. The molecule has 0 radical (unpaired) electrons. The largest absolute Gasteiger partial charge is 0.496 e. The van der Waals surface area contributed by atoms with Crippen LogP contribution in [0.4, 0.5) is 0 Å². The van der Waals surface area contributed by atoms with Crippen molar-refractivity contribution < 1.29 is 4.74 Å². The maximum atomic E-state index is 5.38. The van der Waals surface area contributed by atoms with Crippen LogP contribution >= 0.6 is 35.3 Å². The van der Waals surface area contributed by atoms with Gasteiger partial charge in [0, 0.05) is 30.1 Å². The zero-order chi connectivity index (χ0) is 18.2. The molecule has 2 aromatic carbocycles. The second kappa shape index (κ2) is 10.9. The molecule has 0 saturated carbocycles. The van der Waals surface area contributed by atoms with Gasteiger partial charge in [-0.3, -0.25) is 4.99 Å². The molecule has 3 aromatic rings. The fraction of sp³-hybridized carbons (Fsp3) is 0.200. The number of nitrogens with one attached hydrogen (secondary N) is 2. The molecule has 142 valence electrons. The lowest BCUT2D eigenvalue weighted by atomic mass is 10.2. The molecule has 0 bridgehead atoms. The number of halogens is 1. The first kappa shape index (κ1) is 21.2. The number of aliphatic imine (C=N–C) groups is 1. The molecule has 0 amide bonds. The van der Waals surface area contributed by atoms with Crippen LogP contribution in [0.15, 0.2) is 65.0 Å². The third kappa shape index (κ3) is 5.93. The summed E-state index contributed by atoms with van der Waals surface area (Å²) in [7, 11) is 3.44. The van der Waals surface area contributed by atoms with Gasteiger partial charge in [0.1, 0.15) is 10.8 Å². The molecule has 27 heavy (non-hydrogen) atoms. The van der Waals surface area contributed by atoms with Gasteiger partial charge in [0.15, 0.2) is 5.96 Å². The zero-order valence-electron chi connectivity index (χ0n) is 15.3. The van der Waals surface area contributed by atoms with E-state index in [0.29, 0.717) is 13.1 Å². The number of ether oxygens (including phenoxy) is 1. The van der Waals surface area contributed by atoms with Crippen molar-refractivity contribution in [2.24, 2.45) is 4.99 Å². The van der Waals surface area contributed by atoms with Crippen LogP contribution in [0, 0.1) is 0 Å². The maximum absolute atomic E-state index is 5.38. The Morgan fingerprint density at radius 2 is 1.74 bits per heavy atom. The summed E-state index contributed by atoms with van der Waals surface area (Å²) in [5, 5.41) is 9.71. The lowest BCUT2D eigenvalue weighted by Crippen LogP contribution is -2.36. The number of methoxy groups -OCH3 is 1. The van der Waals surface area contributed by atoms with Crippen molar-refractivity contribution in [2.75, 3.05) is 14.2 Å². The van der Waals surface area contributed by atoms with E-state index in [9.17, 15) is 0 Å². The number of aromatic nitrogens is 1. The summed E-state index contributed by atoms with van der Waals surface area (Å²) in [6.07, 6.45) is 0. The average Bonchev–Trinajstić information content (AvgIpc) is 3.18. The molecule has 0 aliphatic rings. The van der Waals surface area contributed by atoms with E-state index in [1.54, 1.807) is 25.5 Å². The molecular weight excluding hydrogens is 471 g/mol. The number of hydrogen-bond donors (Lipinski definition) is 2. The van der Waals surface area contributed by atoms with Crippen molar-refractivity contribution in [2.45, 2.75) is 13.1 Å². The van der Waals surface area contributed by atoms with E-state index in [-0.39, 0.29) is 24.0 Å². The minimum absolute atomic E-state index is 0. The number of guanidine groups is 1. The SMILES string of the molecule is CN=C(NCc1nc(-c2ccccc2)cs1)NCc1ccccc1OC.I. The van der Waals surface area contributed by atoms with Crippen LogP contribution in [-0.2, 0) is 13.1 Å². The van der Waals surface area contributed by atoms with Gasteiger partial charge < -0.3 is 15.4 Å². The van der Waals surface area contributed by atoms with E-state index in [2.05, 4.69) is 38.1 Å². The standard InChI is InChI=1S/C20H22N4OS.HI/c1-21-20(22-12-16-10-6-7-11-18(16)25-2)23-13-19-24-17(14-26-19)15-8-4-3-5-9-15;/h3-11,14H,12-13H2,1-2H3,(H2,21,22,23);1H. The van der Waals surface area contributed by atoms with E-state index in [4.69, 9.17) is 4.74 Å². The van der Waals surface area contributed by atoms with Gasteiger partial charge in [-0.1, -0.05) is 48.5 Å². The summed E-state index contributed by atoms with van der Waals surface area (Å²) in [6.45, 7) is 1.26. The van der Waals surface area contributed by atoms with E-state index >= 15 is 0 Å². The Morgan fingerprint density at radius 3 is 2.48 bits per heavy atom. The second-order valence-electron chi connectivity index (χ2n) is 5.58. The molecule has 3 rings (SSSR count). The number of nitrogens with zero attached hydrogens (tertiary/aromatic N) is 2. The van der Waals surface area contributed by atoms with Gasteiger partial charge in [0.2, 0.25) is 0 Å². The van der Waals surface area contributed by atoms with Crippen LogP contribution in [0.5, 0.6) is 5.75 Å². The van der Waals surface area contributed by atoms with Gasteiger partial charge in [-0.25, -0.2) is 4.98 Å². The van der Waals surface area contributed by atoms with Gasteiger partial charge in [-0.15, -0.1) is 35.3 Å². The summed E-state index contributed by atoms with van der Waals surface area (Å²) in [5.41, 5.74) is 3.22. The topological polar surface area (TPSA) is 58.5 Å². The molecule has 0 fully saturated rings. The highest BCUT2D eigenvalue weighted by atomic mass is 127. The summed E-state index contributed by atoms with van der Waals surface area (Å²) >= 11 is 1.64. The first-order valence-corrected chi connectivity index (χ1v) is 9.24. The predicted molar refractivity (Wildman–Crippen MR) is 123 cm³/mol. The number of rotatable bonds is 6. The number of para-hydroxylation sites is 1. The first-order chi connectivity index (χ1) is 12.8. The van der Waals surface area contributed by atoms with Crippen LogP contribution < -0.4 is 15.4 Å². The van der Waals surface area contributed by atoms with Crippen molar-refractivity contribution >= 4 is 41.3 Å². The van der Waals surface area contributed by atoms with Crippen LogP contribution in [0.25, 0.3) is 11.3 Å². The van der Waals surface area contributed by atoms with Crippen molar-refractivity contribution in [3.63, 3.8) is 0 Å². The fourth-order valence-corrected chi connectivity index (χ4v) is 3.28. The minimum Gasteiger partial charge on any atom is -0.496 e. The van der Waals surface area contributed by atoms with Crippen molar-refractivity contribution in [3.8, 4) is 17.0 Å². The van der Waals surface area contributed by atoms with Crippen LogP contribution in [0.2, 0.25) is 0 Å². The van der Waals surface area contributed by atoms with Gasteiger partial charge in [0.25, 0.3) is 0 Å². The van der Waals surface area contributed by atoms with E-state index in [0.717, 1.165) is 33.5 Å². The highest BCUT2D eigenvalue weighted by Gasteiger charge is 2.06. The molecule has 1 aromatic heterocycles. The monoisotopic (exact) mass is 494 g/mol. The Kier molecular flexibility index (Phi) is 8.53. The summed E-state index contributed by atoms with van der Waals surface area (Å²) in [5.74, 6) is 1.59. The van der Waals surface area contributed by atoms with Crippen LogP contribution in [-0.4, -0.2) is 25.1 Å². The van der Waals surface area contributed by atoms with Gasteiger partial charge in [-0.2, -0.15) is 0 Å². The Bertz CT molecular complexity index is 867. The normalized spacial score (nSPS) is 10.8. The Morgan fingerprint density at radius 1 is 1.04 bits per heavy atom. The molecule has 0 aliphatic carbocycles. The van der Waals surface area contributed by atoms with Gasteiger partial charge >= 0.3 is 0 Å². The van der Waals surface area contributed by atoms with E-state index < -0.39 is 0 Å². The number of thiazole rings is 1. The van der Waals surface area contributed by atoms with Gasteiger partial charge in [0.05, 0.1) is 19.3 Å². The fourth-order valence-electron chi connectivity index (χ4n) is 2.54. The van der Waals surface area contributed by atoms with Crippen molar-refractivity contribution in [1.29, 1.82) is 0 Å². The molecule has 0 unspecified atom stereocenters. The van der Waals surface area contributed by atoms with Crippen molar-refractivity contribution in [1.82, 2.24) is 15.6 Å². The van der Waals surface area contributed by atoms with Crippen LogP contribution in [0.3, 0.4) is 0 Å². The summed E-state index contributed by atoms with van der Waals surface area (Å²) < 4.78 is 5.38. The van der Waals surface area contributed by atoms with Gasteiger partial charge in [-0.05, 0) is 6.07 Å². The van der Waals surface area contributed by atoms with Crippen LogP contribution in [0.1, 0.15) is 10.6 Å². The first-order valence-electron chi connectivity index (χ1n) is 8.36. The van der Waals surface area contributed by atoms with E-state index in [1.165, 1.54) is 0 Å². The average molecular weight is 494 g/mol. The molecule has 1 heterocycles. The Hall–Kier alpha value is -2.13. The molecule has 0 saturated heterocycles. The maximum Gasteiger partial charge on any atom is 0.191 e. The molecule has 0 atom stereocenters. The molecule has 2 N–H and O–H groups in total. The second-order valence-corrected chi connectivity index (χ2v) is 6.53. The number of benzene rings is 2. The smallest absolute Gasteiger partial charge is 0.191 e. The van der Waals surface area contributed by atoms with E-state index in [1.807, 2.05) is 42.5 Å². The molecule has 0 spiro atoms. The molecule has 0 aliphatic heterocycles. The lowest BCUT2D eigenvalue weighted by Gasteiger charge is -2.13. The zero-order valence-corrected chi connectivity index (χ0v) is 18.5. The predicted octanol–water partition coefficient (Wildman–Crippen LogP) is 4.30. The Balaban J connectivity index is 0.00000261. The highest BCUT2D eigenvalue weighted by Crippen LogP contribution is 2.21.